The summed E-state index contributed by atoms with van der Waals surface area (Å²) in [6.07, 6.45) is -5.08. The maximum absolute atomic E-state index is 12.8. The minimum Gasteiger partial charge on any atom is -0.475 e. The maximum atomic E-state index is 12.8. The molecule has 1 atom stereocenters. The number of benzene rings is 1. The Kier molecular flexibility index (Phi) is 6.76. The topological polar surface area (TPSA) is 52.6 Å². The van der Waals surface area contributed by atoms with E-state index in [1.807, 2.05) is 12.1 Å². The number of hydrogen-bond donors (Lipinski definition) is 2. The van der Waals surface area contributed by atoms with Gasteiger partial charge in [-0.25, -0.2) is 9.18 Å². The van der Waals surface area contributed by atoms with Gasteiger partial charge in [-0.2, -0.15) is 13.2 Å². The number of rotatable bonds is 2. The van der Waals surface area contributed by atoms with Crippen LogP contribution in [0.3, 0.4) is 0 Å². The molecule has 2 rings (SSSR count). The summed E-state index contributed by atoms with van der Waals surface area (Å²) < 4.78 is 44.5. The number of alkyl halides is 3. The number of hydrogen-bond acceptors (Lipinski definition) is 3. The van der Waals surface area contributed by atoms with E-state index in [1.54, 1.807) is 0 Å². The molecule has 0 bridgehead atoms. The number of carboxylic acid groups (broad SMARTS) is 1. The summed E-state index contributed by atoms with van der Waals surface area (Å²) in [5.74, 6) is -2.92. The molecule has 0 amide bonds. The molecular formula is C14H18F4N2O2. The van der Waals surface area contributed by atoms with Gasteiger partial charge < -0.3 is 10.4 Å². The predicted molar refractivity (Wildman–Crippen MR) is 72.9 cm³/mol. The van der Waals surface area contributed by atoms with Gasteiger partial charge in [-0.15, -0.1) is 0 Å². The molecule has 1 fully saturated rings. The molecular weight excluding hydrogens is 304 g/mol. The summed E-state index contributed by atoms with van der Waals surface area (Å²) in [6.45, 7) is 6.41. The molecule has 124 valence electrons. The van der Waals surface area contributed by atoms with Gasteiger partial charge in [0.15, 0.2) is 0 Å². The first-order chi connectivity index (χ1) is 10.2. The first kappa shape index (κ1) is 18.4. The van der Waals surface area contributed by atoms with Crippen LogP contribution < -0.4 is 5.32 Å². The number of carboxylic acids is 1. The Hall–Kier alpha value is -1.67. The quantitative estimate of drug-likeness (QED) is 0.821. The lowest BCUT2D eigenvalue weighted by molar-refractivity contribution is -0.192. The molecule has 0 radical (unpaired) electrons. The maximum Gasteiger partial charge on any atom is 0.490 e. The molecule has 4 nitrogen and oxygen atoms in total. The van der Waals surface area contributed by atoms with E-state index in [1.165, 1.54) is 17.7 Å². The van der Waals surface area contributed by atoms with Crippen LogP contribution in [0.1, 0.15) is 18.5 Å². The number of carbonyl (C=O) groups is 1. The van der Waals surface area contributed by atoms with Gasteiger partial charge in [-0.1, -0.05) is 12.1 Å². The average Bonchev–Trinajstić information content (AvgIpc) is 2.48. The summed E-state index contributed by atoms with van der Waals surface area (Å²) in [6, 6.07) is 7.21. The van der Waals surface area contributed by atoms with E-state index in [9.17, 15) is 17.6 Å². The molecule has 1 heterocycles. The van der Waals surface area contributed by atoms with Gasteiger partial charge in [0, 0.05) is 32.2 Å². The number of piperazine rings is 1. The van der Waals surface area contributed by atoms with Crippen LogP contribution in [0.25, 0.3) is 0 Å². The van der Waals surface area contributed by atoms with Crippen LogP contribution in [0.15, 0.2) is 24.3 Å². The number of nitrogens with zero attached hydrogens (tertiary/aromatic N) is 1. The third-order valence-corrected chi connectivity index (χ3v) is 3.29. The van der Waals surface area contributed by atoms with Crippen LogP contribution in [0.2, 0.25) is 0 Å². The molecule has 0 aromatic heterocycles. The van der Waals surface area contributed by atoms with Crippen molar-refractivity contribution >= 4 is 5.97 Å². The van der Waals surface area contributed by atoms with E-state index in [0.29, 0.717) is 6.04 Å². The summed E-state index contributed by atoms with van der Waals surface area (Å²) in [4.78, 5) is 11.3. The number of aliphatic carboxylic acids is 1. The molecule has 1 aromatic carbocycles. The highest BCUT2D eigenvalue weighted by Gasteiger charge is 2.38. The zero-order chi connectivity index (χ0) is 16.8. The minimum absolute atomic E-state index is 0.161. The Morgan fingerprint density at radius 3 is 2.09 bits per heavy atom. The molecule has 1 aliphatic rings. The third kappa shape index (κ3) is 5.98. The van der Waals surface area contributed by atoms with Crippen LogP contribution in [0, 0.1) is 5.82 Å². The van der Waals surface area contributed by atoms with Crippen LogP contribution in [-0.2, 0) is 4.79 Å². The highest BCUT2D eigenvalue weighted by molar-refractivity contribution is 5.73. The van der Waals surface area contributed by atoms with E-state index in [-0.39, 0.29) is 5.82 Å². The first-order valence-corrected chi connectivity index (χ1v) is 6.72. The highest BCUT2D eigenvalue weighted by atomic mass is 19.4. The number of halogens is 4. The fourth-order valence-corrected chi connectivity index (χ4v) is 2.02. The fourth-order valence-electron chi connectivity index (χ4n) is 2.02. The van der Waals surface area contributed by atoms with E-state index < -0.39 is 12.1 Å². The second-order valence-electron chi connectivity index (χ2n) is 4.82. The van der Waals surface area contributed by atoms with Gasteiger partial charge in [-0.3, -0.25) is 4.90 Å². The van der Waals surface area contributed by atoms with Gasteiger partial charge >= 0.3 is 12.1 Å². The second-order valence-corrected chi connectivity index (χ2v) is 4.82. The van der Waals surface area contributed by atoms with Gasteiger partial charge in [0.05, 0.1) is 0 Å². The van der Waals surface area contributed by atoms with E-state index >= 15 is 0 Å². The van der Waals surface area contributed by atoms with Gasteiger partial charge in [0.25, 0.3) is 0 Å². The number of nitrogens with one attached hydrogen (secondary N) is 1. The smallest absolute Gasteiger partial charge is 0.475 e. The van der Waals surface area contributed by atoms with Gasteiger partial charge in [0.2, 0.25) is 0 Å². The molecule has 1 saturated heterocycles. The van der Waals surface area contributed by atoms with Crippen molar-refractivity contribution < 1.29 is 27.5 Å². The summed E-state index contributed by atoms with van der Waals surface area (Å²) in [5, 5.41) is 10.5. The second kappa shape index (κ2) is 8.09. The summed E-state index contributed by atoms with van der Waals surface area (Å²) in [7, 11) is 0. The largest absolute Gasteiger partial charge is 0.490 e. The highest BCUT2D eigenvalue weighted by Crippen LogP contribution is 2.20. The van der Waals surface area contributed by atoms with Crippen LogP contribution in [0.5, 0.6) is 0 Å². The van der Waals surface area contributed by atoms with Crippen molar-refractivity contribution in [3.63, 3.8) is 0 Å². The Bertz CT molecular complexity index is 471. The van der Waals surface area contributed by atoms with E-state index in [2.05, 4.69) is 17.1 Å². The van der Waals surface area contributed by atoms with Gasteiger partial charge in [-0.05, 0) is 24.6 Å². The fraction of sp³-hybridized carbons (Fsp3) is 0.500. The Labute approximate surface area is 125 Å². The lowest BCUT2D eigenvalue weighted by atomic mass is 10.1. The van der Waals surface area contributed by atoms with E-state index in [4.69, 9.17) is 9.90 Å². The summed E-state index contributed by atoms with van der Waals surface area (Å²) in [5.41, 5.74) is 1.19. The zero-order valence-corrected chi connectivity index (χ0v) is 12.0. The van der Waals surface area contributed by atoms with Crippen molar-refractivity contribution in [1.29, 1.82) is 0 Å². The third-order valence-electron chi connectivity index (χ3n) is 3.29. The van der Waals surface area contributed by atoms with Crippen molar-refractivity contribution in [2.24, 2.45) is 0 Å². The SMILES string of the molecule is C[C@@H](c1ccc(F)cc1)N1CCNCC1.O=C(O)C(F)(F)F. The monoisotopic (exact) mass is 322 g/mol. The molecule has 0 unspecified atom stereocenters. The molecule has 22 heavy (non-hydrogen) atoms. The molecule has 8 heteroatoms. The molecule has 0 saturated carbocycles. The normalized spacial score (nSPS) is 17.3. The Morgan fingerprint density at radius 1 is 1.23 bits per heavy atom. The van der Waals surface area contributed by atoms with Crippen molar-refractivity contribution in [1.82, 2.24) is 10.2 Å². The van der Waals surface area contributed by atoms with Crippen molar-refractivity contribution in [2.45, 2.75) is 19.1 Å². The first-order valence-electron chi connectivity index (χ1n) is 6.72. The molecule has 0 aliphatic carbocycles. The molecule has 2 N–H and O–H groups in total. The van der Waals surface area contributed by atoms with Crippen molar-refractivity contribution in [3.05, 3.63) is 35.6 Å². The van der Waals surface area contributed by atoms with Crippen LogP contribution >= 0.6 is 0 Å². The molecule has 1 aliphatic heterocycles. The minimum atomic E-state index is -5.08. The summed E-state index contributed by atoms with van der Waals surface area (Å²) >= 11 is 0. The van der Waals surface area contributed by atoms with Crippen LogP contribution in [-0.4, -0.2) is 48.3 Å². The van der Waals surface area contributed by atoms with Crippen molar-refractivity contribution in [3.8, 4) is 0 Å². The van der Waals surface area contributed by atoms with E-state index in [0.717, 1.165) is 26.2 Å². The average molecular weight is 322 g/mol. The molecule has 1 aromatic rings. The Balaban J connectivity index is 0.000000295. The standard InChI is InChI=1S/C12H17FN2.C2HF3O2/c1-10(15-8-6-14-7-9-15)11-2-4-12(13)5-3-11;3-2(4,5)1(6)7/h2-5,10,14H,6-9H2,1H3;(H,6,7)/t10-;/m0./s1. The van der Waals surface area contributed by atoms with Crippen LogP contribution in [0.4, 0.5) is 17.6 Å². The zero-order valence-electron chi connectivity index (χ0n) is 12.0. The van der Waals surface area contributed by atoms with Crippen molar-refractivity contribution in [2.75, 3.05) is 26.2 Å². The molecule has 0 spiro atoms. The lowest BCUT2D eigenvalue weighted by Crippen LogP contribution is -2.44. The van der Waals surface area contributed by atoms with Gasteiger partial charge in [0.1, 0.15) is 5.82 Å². The lowest BCUT2D eigenvalue weighted by Gasteiger charge is -2.33. The Morgan fingerprint density at radius 2 is 1.68 bits per heavy atom. The predicted octanol–water partition coefficient (Wildman–Crippen LogP) is 2.43.